The van der Waals surface area contributed by atoms with Gasteiger partial charge in [-0.15, -0.1) is 0 Å². The van der Waals surface area contributed by atoms with E-state index >= 15 is 0 Å². The van der Waals surface area contributed by atoms with Gasteiger partial charge in [0.25, 0.3) is 11.8 Å². The number of rotatable bonds is 9. The van der Waals surface area contributed by atoms with Crippen LogP contribution in [-0.2, 0) is 9.53 Å². The number of carbonyl (C=O) groups is 3. The Morgan fingerprint density at radius 1 is 0.972 bits per heavy atom. The molecule has 11 nitrogen and oxygen atoms in total. The quantitative estimate of drug-likeness (QED) is 0.160. The second-order valence-corrected chi connectivity index (χ2v) is 8.61. The van der Waals surface area contributed by atoms with E-state index in [1.165, 1.54) is 6.07 Å². The number of nitrogens with two attached hydrogens (primary N) is 1. The second kappa shape index (κ2) is 13.0. The topological polar surface area (TPSA) is 162 Å². The summed E-state index contributed by atoms with van der Waals surface area (Å²) in [5, 5.41) is 18.1. The average molecular weight is 536 g/mol. The number of nitrogens with one attached hydrogen (secondary N) is 5. The van der Waals surface area contributed by atoms with Gasteiger partial charge in [-0.05, 0) is 30.3 Å². The Morgan fingerprint density at radius 3 is 2.31 bits per heavy atom. The van der Waals surface area contributed by atoms with Gasteiger partial charge in [0.15, 0.2) is 5.96 Å². The summed E-state index contributed by atoms with van der Waals surface area (Å²) in [4.78, 5) is 39.0. The summed E-state index contributed by atoms with van der Waals surface area (Å²) in [6.07, 6.45) is 0. The highest BCUT2D eigenvalue weighted by atomic mass is 35.5. The van der Waals surface area contributed by atoms with E-state index in [1.807, 2.05) is 0 Å². The van der Waals surface area contributed by atoms with Crippen LogP contribution in [0.4, 0.5) is 11.4 Å². The molecule has 0 radical (unpaired) electrons. The Labute approximate surface area is 218 Å². The molecule has 36 heavy (non-hydrogen) atoms. The Hall–Kier alpha value is -3.54. The summed E-state index contributed by atoms with van der Waals surface area (Å²) in [5.41, 5.74) is 7.04. The highest BCUT2D eigenvalue weighted by Gasteiger charge is 2.19. The van der Waals surface area contributed by atoms with Crippen LogP contribution in [0.5, 0.6) is 0 Å². The summed E-state index contributed by atoms with van der Waals surface area (Å²) in [5.74, 6) is -1.61. The Bertz CT molecular complexity index is 1120. The molecule has 1 heterocycles. The number of hydrogen-bond donors (Lipinski definition) is 6. The van der Waals surface area contributed by atoms with Crippen LogP contribution in [0.25, 0.3) is 0 Å². The summed E-state index contributed by atoms with van der Waals surface area (Å²) in [6, 6.07) is 9.75. The molecule has 3 rings (SSSR count). The van der Waals surface area contributed by atoms with Crippen LogP contribution in [0.3, 0.4) is 0 Å². The van der Waals surface area contributed by atoms with Crippen LogP contribution in [0.2, 0.25) is 10.0 Å². The third kappa shape index (κ3) is 7.74. The van der Waals surface area contributed by atoms with Crippen molar-refractivity contribution < 1.29 is 19.1 Å². The number of carbonyl (C=O) groups excluding carboxylic acids is 3. The van der Waals surface area contributed by atoms with Gasteiger partial charge in [0.2, 0.25) is 5.91 Å². The SMILES string of the molecule is N=C(N)Nc1cccc(C(=O)NCC(=O)NCCNC(=O)c2c(Cl)cc(N3CCOCC3)cc2Cl)c1. The van der Waals surface area contributed by atoms with E-state index in [1.54, 1.807) is 30.3 Å². The molecule has 1 aliphatic rings. The van der Waals surface area contributed by atoms with Crippen LogP contribution in [-0.4, -0.2) is 69.6 Å². The normalized spacial score (nSPS) is 13.0. The minimum atomic E-state index is -0.463. The van der Waals surface area contributed by atoms with Gasteiger partial charge in [-0.2, -0.15) is 0 Å². The molecule has 1 saturated heterocycles. The molecular formula is C23H27Cl2N7O4. The summed E-state index contributed by atoms with van der Waals surface area (Å²) in [7, 11) is 0. The molecule has 1 fully saturated rings. The molecule has 0 unspecified atom stereocenters. The highest BCUT2D eigenvalue weighted by Crippen LogP contribution is 2.31. The van der Waals surface area contributed by atoms with Gasteiger partial charge in [-0.25, -0.2) is 0 Å². The van der Waals surface area contributed by atoms with E-state index in [0.29, 0.717) is 37.6 Å². The lowest BCUT2D eigenvalue weighted by Crippen LogP contribution is -2.40. The van der Waals surface area contributed by atoms with Crippen LogP contribution in [0.15, 0.2) is 36.4 Å². The van der Waals surface area contributed by atoms with Gasteiger partial charge in [0.05, 0.1) is 35.4 Å². The average Bonchev–Trinajstić information content (AvgIpc) is 2.85. The van der Waals surface area contributed by atoms with Crippen molar-refractivity contribution in [1.82, 2.24) is 16.0 Å². The van der Waals surface area contributed by atoms with E-state index in [9.17, 15) is 14.4 Å². The van der Waals surface area contributed by atoms with Gasteiger partial charge in [-0.3, -0.25) is 19.8 Å². The maximum absolute atomic E-state index is 12.6. The van der Waals surface area contributed by atoms with Crippen LogP contribution in [0, 0.1) is 5.41 Å². The zero-order valence-corrected chi connectivity index (χ0v) is 20.8. The van der Waals surface area contributed by atoms with E-state index < -0.39 is 17.7 Å². The largest absolute Gasteiger partial charge is 0.378 e. The van der Waals surface area contributed by atoms with Gasteiger partial charge in [0, 0.05) is 43.1 Å². The molecule has 0 atom stereocenters. The van der Waals surface area contributed by atoms with E-state index in [2.05, 4.69) is 26.2 Å². The van der Waals surface area contributed by atoms with E-state index in [-0.39, 0.29) is 41.2 Å². The minimum absolute atomic E-state index is 0.134. The summed E-state index contributed by atoms with van der Waals surface area (Å²) >= 11 is 12.7. The number of guanidine groups is 1. The fourth-order valence-corrected chi connectivity index (χ4v) is 4.11. The van der Waals surface area contributed by atoms with Crippen molar-refractivity contribution in [2.24, 2.45) is 5.73 Å². The fourth-order valence-electron chi connectivity index (χ4n) is 3.47. The maximum atomic E-state index is 12.6. The molecule has 1 aliphatic heterocycles. The monoisotopic (exact) mass is 535 g/mol. The lowest BCUT2D eigenvalue weighted by molar-refractivity contribution is -0.120. The Morgan fingerprint density at radius 2 is 1.64 bits per heavy atom. The Balaban J connectivity index is 1.42. The number of morpholine rings is 1. The van der Waals surface area contributed by atoms with Crippen molar-refractivity contribution in [3.05, 3.63) is 57.6 Å². The number of amides is 3. The number of anilines is 2. The van der Waals surface area contributed by atoms with Gasteiger partial charge in [0.1, 0.15) is 0 Å². The molecular weight excluding hydrogens is 509 g/mol. The van der Waals surface area contributed by atoms with Crippen molar-refractivity contribution in [2.45, 2.75) is 0 Å². The van der Waals surface area contributed by atoms with Crippen molar-refractivity contribution in [1.29, 1.82) is 5.41 Å². The first-order chi connectivity index (χ1) is 17.2. The van der Waals surface area contributed by atoms with Gasteiger partial charge in [-0.1, -0.05) is 29.3 Å². The van der Waals surface area contributed by atoms with Crippen molar-refractivity contribution >= 4 is 58.3 Å². The molecule has 0 aliphatic carbocycles. The third-order valence-electron chi connectivity index (χ3n) is 5.18. The molecule has 3 amide bonds. The molecule has 0 aromatic heterocycles. The lowest BCUT2D eigenvalue weighted by atomic mass is 10.1. The van der Waals surface area contributed by atoms with Gasteiger partial charge >= 0.3 is 0 Å². The first kappa shape index (κ1) is 27.1. The summed E-state index contributed by atoms with van der Waals surface area (Å²) in [6.45, 7) is 2.66. The molecule has 2 aromatic rings. The van der Waals surface area contributed by atoms with Gasteiger partial charge < -0.3 is 36.6 Å². The number of nitrogens with zero attached hydrogens (tertiary/aromatic N) is 1. The second-order valence-electron chi connectivity index (χ2n) is 7.79. The highest BCUT2D eigenvalue weighted by molar-refractivity contribution is 6.40. The van der Waals surface area contributed by atoms with E-state index in [4.69, 9.17) is 39.1 Å². The molecule has 0 saturated carbocycles. The first-order valence-corrected chi connectivity index (χ1v) is 11.9. The van der Waals surface area contributed by atoms with Crippen molar-refractivity contribution in [3.63, 3.8) is 0 Å². The molecule has 192 valence electrons. The number of ether oxygens (including phenoxy) is 1. The third-order valence-corrected chi connectivity index (χ3v) is 5.77. The van der Waals surface area contributed by atoms with Crippen LogP contribution in [0.1, 0.15) is 20.7 Å². The first-order valence-electron chi connectivity index (χ1n) is 11.1. The summed E-state index contributed by atoms with van der Waals surface area (Å²) < 4.78 is 5.34. The maximum Gasteiger partial charge on any atom is 0.254 e. The van der Waals surface area contributed by atoms with E-state index in [0.717, 1.165) is 5.69 Å². The molecule has 0 bridgehead atoms. The lowest BCUT2D eigenvalue weighted by Gasteiger charge is -2.29. The zero-order valence-electron chi connectivity index (χ0n) is 19.3. The molecule has 2 aromatic carbocycles. The van der Waals surface area contributed by atoms with Crippen LogP contribution >= 0.6 is 23.2 Å². The predicted molar refractivity (Wildman–Crippen MR) is 139 cm³/mol. The number of benzene rings is 2. The van der Waals surface area contributed by atoms with Crippen molar-refractivity contribution in [3.8, 4) is 0 Å². The molecule has 7 N–H and O–H groups in total. The molecule has 13 heteroatoms. The Kier molecular flexibility index (Phi) is 9.74. The fraction of sp³-hybridized carbons (Fsp3) is 0.304. The smallest absolute Gasteiger partial charge is 0.254 e. The predicted octanol–water partition coefficient (Wildman–Crippen LogP) is 1.41. The van der Waals surface area contributed by atoms with Crippen molar-refractivity contribution in [2.75, 3.05) is 56.2 Å². The zero-order chi connectivity index (χ0) is 26.1. The molecule has 0 spiro atoms. The minimum Gasteiger partial charge on any atom is -0.378 e. The standard InChI is InChI=1S/C23H27Cl2N7O4/c24-17-11-16(32-6-8-36-9-7-32)12-18(25)20(17)22(35)29-5-4-28-19(33)13-30-21(34)14-2-1-3-15(10-14)31-23(26)27/h1-3,10-12H,4-9,13H2,(H,28,33)(H,29,35)(H,30,34)(H4,26,27,31). The number of hydrogen-bond acceptors (Lipinski definition) is 6. The van der Waals surface area contributed by atoms with Crippen LogP contribution < -0.4 is 31.9 Å². The number of halogens is 2.